The Morgan fingerprint density at radius 1 is 1.28 bits per heavy atom. The van der Waals surface area contributed by atoms with Gasteiger partial charge in [-0.3, -0.25) is 5.32 Å². The van der Waals surface area contributed by atoms with Crippen molar-refractivity contribution in [3.63, 3.8) is 0 Å². The summed E-state index contributed by atoms with van der Waals surface area (Å²) in [5, 5.41) is 12.6. The van der Waals surface area contributed by atoms with E-state index in [1.807, 2.05) is 27.7 Å². The summed E-state index contributed by atoms with van der Waals surface area (Å²) in [6, 6.07) is 2.90. The lowest BCUT2D eigenvalue weighted by Gasteiger charge is -2.26. The molecule has 2 atom stereocenters. The summed E-state index contributed by atoms with van der Waals surface area (Å²) < 4.78 is 11.1. The number of nitriles is 1. The minimum absolute atomic E-state index is 0.0664. The summed E-state index contributed by atoms with van der Waals surface area (Å²) in [5.74, 6) is 0. The lowest BCUT2D eigenvalue weighted by Crippen LogP contribution is -2.45. The Hall–Kier alpha value is -0.630. The van der Waals surface area contributed by atoms with Gasteiger partial charge in [0.15, 0.2) is 0 Å². The molecule has 0 spiro atoms. The Labute approximate surface area is 111 Å². The molecule has 0 heterocycles. The summed E-state index contributed by atoms with van der Waals surface area (Å²) in [6.07, 6.45) is 3.40. The highest BCUT2D eigenvalue weighted by molar-refractivity contribution is 5.07. The van der Waals surface area contributed by atoms with E-state index in [2.05, 4.69) is 11.4 Å². The van der Waals surface area contributed by atoms with Gasteiger partial charge in [0.1, 0.15) is 5.54 Å². The van der Waals surface area contributed by atoms with Gasteiger partial charge in [-0.2, -0.15) is 5.26 Å². The zero-order valence-corrected chi connectivity index (χ0v) is 12.0. The highest BCUT2D eigenvalue weighted by Crippen LogP contribution is 2.24. The van der Waals surface area contributed by atoms with Gasteiger partial charge in [-0.05, 0) is 40.5 Å². The molecule has 0 aromatic rings. The van der Waals surface area contributed by atoms with Crippen LogP contribution in [0.1, 0.15) is 47.0 Å². The van der Waals surface area contributed by atoms with E-state index >= 15 is 0 Å². The molecule has 1 saturated carbocycles. The van der Waals surface area contributed by atoms with Gasteiger partial charge in [0, 0.05) is 12.5 Å². The van der Waals surface area contributed by atoms with Crippen LogP contribution >= 0.6 is 0 Å². The molecule has 2 unspecified atom stereocenters. The Morgan fingerprint density at radius 2 is 1.89 bits per heavy atom. The molecule has 4 nitrogen and oxygen atoms in total. The summed E-state index contributed by atoms with van der Waals surface area (Å²) >= 11 is 0. The first-order valence-electron chi connectivity index (χ1n) is 6.87. The molecule has 0 radical (unpaired) electrons. The van der Waals surface area contributed by atoms with Crippen molar-refractivity contribution in [2.45, 2.75) is 70.7 Å². The number of nitrogens with zero attached hydrogens (tertiary/aromatic N) is 1. The van der Waals surface area contributed by atoms with Gasteiger partial charge in [-0.25, -0.2) is 0 Å². The third-order valence-electron chi connectivity index (χ3n) is 2.98. The van der Waals surface area contributed by atoms with Crippen LogP contribution < -0.4 is 5.32 Å². The third-order valence-corrected chi connectivity index (χ3v) is 2.98. The molecule has 0 aromatic heterocycles. The van der Waals surface area contributed by atoms with Crippen molar-refractivity contribution in [3.05, 3.63) is 0 Å². The van der Waals surface area contributed by atoms with Crippen LogP contribution in [0.3, 0.4) is 0 Å². The normalized spacial score (nSPS) is 20.4. The fraction of sp³-hybridized carbons (Fsp3) is 0.929. The average Bonchev–Trinajstić information content (AvgIpc) is 3.08. The van der Waals surface area contributed by atoms with Crippen molar-refractivity contribution in [2.75, 3.05) is 13.2 Å². The van der Waals surface area contributed by atoms with Crippen molar-refractivity contribution in [1.82, 2.24) is 5.32 Å². The molecule has 4 heteroatoms. The van der Waals surface area contributed by atoms with Crippen molar-refractivity contribution >= 4 is 0 Å². The quantitative estimate of drug-likeness (QED) is 0.641. The molecule has 0 aromatic carbocycles. The van der Waals surface area contributed by atoms with E-state index in [0.29, 0.717) is 25.7 Å². The van der Waals surface area contributed by atoms with E-state index < -0.39 is 5.54 Å². The molecular weight excluding hydrogens is 228 g/mol. The van der Waals surface area contributed by atoms with E-state index in [0.717, 1.165) is 0 Å². The van der Waals surface area contributed by atoms with Crippen LogP contribution in [0.4, 0.5) is 0 Å². The van der Waals surface area contributed by atoms with Crippen LogP contribution in [-0.2, 0) is 9.47 Å². The molecule has 1 fully saturated rings. The van der Waals surface area contributed by atoms with Crippen LogP contribution in [0.5, 0.6) is 0 Å². The van der Waals surface area contributed by atoms with Crippen LogP contribution in [0, 0.1) is 11.3 Å². The van der Waals surface area contributed by atoms with Crippen molar-refractivity contribution in [1.29, 1.82) is 5.26 Å². The molecule has 1 aliphatic carbocycles. The number of rotatable bonds is 9. The largest absolute Gasteiger partial charge is 0.376 e. The predicted octanol–water partition coefficient (Wildman–Crippen LogP) is 2.24. The monoisotopic (exact) mass is 254 g/mol. The standard InChI is InChI=1S/C14H26N2O2/c1-11(2)17-7-8-18-12(3)9-14(4,10-15)16-13-5-6-13/h11-13,16H,5-9H2,1-4H3. The molecule has 0 amide bonds. The molecule has 1 rings (SSSR count). The highest BCUT2D eigenvalue weighted by Gasteiger charge is 2.33. The lowest BCUT2D eigenvalue weighted by atomic mass is 9.96. The first-order valence-corrected chi connectivity index (χ1v) is 6.87. The maximum absolute atomic E-state index is 9.26. The van der Waals surface area contributed by atoms with Gasteiger partial charge in [0.25, 0.3) is 0 Å². The van der Waals surface area contributed by atoms with Crippen LogP contribution in [-0.4, -0.2) is 37.0 Å². The number of ether oxygens (including phenoxy) is 2. The second-order valence-corrected chi connectivity index (χ2v) is 5.67. The SMILES string of the molecule is CC(C)OCCOC(C)CC(C)(C#N)NC1CC1. The smallest absolute Gasteiger partial charge is 0.106 e. The average molecular weight is 254 g/mol. The topological polar surface area (TPSA) is 54.3 Å². The number of hydrogen-bond donors (Lipinski definition) is 1. The molecule has 0 aliphatic heterocycles. The van der Waals surface area contributed by atoms with E-state index in [9.17, 15) is 5.26 Å². The van der Waals surface area contributed by atoms with Crippen molar-refractivity contribution in [2.24, 2.45) is 0 Å². The predicted molar refractivity (Wildman–Crippen MR) is 71.3 cm³/mol. The van der Waals surface area contributed by atoms with Gasteiger partial charge in [0.2, 0.25) is 0 Å². The van der Waals surface area contributed by atoms with Gasteiger partial charge >= 0.3 is 0 Å². The van der Waals surface area contributed by atoms with Crippen molar-refractivity contribution < 1.29 is 9.47 Å². The van der Waals surface area contributed by atoms with Crippen LogP contribution in [0.2, 0.25) is 0 Å². The van der Waals surface area contributed by atoms with Gasteiger partial charge in [-0.1, -0.05) is 0 Å². The maximum Gasteiger partial charge on any atom is 0.106 e. The second-order valence-electron chi connectivity index (χ2n) is 5.67. The Bertz CT molecular complexity index is 284. The molecule has 104 valence electrons. The van der Waals surface area contributed by atoms with E-state index in [4.69, 9.17) is 9.47 Å². The van der Waals surface area contributed by atoms with Gasteiger partial charge < -0.3 is 9.47 Å². The third kappa shape index (κ3) is 6.34. The summed E-state index contributed by atoms with van der Waals surface area (Å²) in [4.78, 5) is 0. The first-order chi connectivity index (χ1) is 8.45. The fourth-order valence-electron chi connectivity index (χ4n) is 1.98. The van der Waals surface area contributed by atoms with Crippen LogP contribution in [0.15, 0.2) is 0 Å². The molecule has 1 aliphatic rings. The summed E-state index contributed by atoms with van der Waals surface area (Å²) in [6.45, 7) is 9.19. The van der Waals surface area contributed by atoms with Gasteiger partial charge in [0.05, 0.1) is 31.5 Å². The van der Waals surface area contributed by atoms with Crippen LogP contribution in [0.25, 0.3) is 0 Å². The van der Waals surface area contributed by atoms with E-state index in [1.165, 1.54) is 12.8 Å². The minimum Gasteiger partial charge on any atom is -0.376 e. The van der Waals surface area contributed by atoms with Crippen molar-refractivity contribution in [3.8, 4) is 6.07 Å². The highest BCUT2D eigenvalue weighted by atomic mass is 16.5. The van der Waals surface area contributed by atoms with Gasteiger partial charge in [-0.15, -0.1) is 0 Å². The molecule has 1 N–H and O–H groups in total. The second kappa shape index (κ2) is 7.08. The zero-order chi connectivity index (χ0) is 13.6. The molecule has 18 heavy (non-hydrogen) atoms. The molecule has 0 saturated heterocycles. The Kier molecular flexibility index (Phi) is 6.07. The maximum atomic E-state index is 9.26. The lowest BCUT2D eigenvalue weighted by molar-refractivity contribution is -0.0140. The summed E-state index contributed by atoms with van der Waals surface area (Å²) in [7, 11) is 0. The zero-order valence-electron chi connectivity index (χ0n) is 12.0. The van der Waals surface area contributed by atoms with E-state index in [-0.39, 0.29) is 12.2 Å². The Morgan fingerprint density at radius 3 is 2.39 bits per heavy atom. The Balaban J connectivity index is 2.20. The van der Waals surface area contributed by atoms with E-state index in [1.54, 1.807) is 0 Å². The molecule has 0 bridgehead atoms. The first kappa shape index (κ1) is 15.4. The number of nitrogens with one attached hydrogen (secondary N) is 1. The summed E-state index contributed by atoms with van der Waals surface area (Å²) in [5.41, 5.74) is -0.473. The number of hydrogen-bond acceptors (Lipinski definition) is 4. The minimum atomic E-state index is -0.473. The molecular formula is C14H26N2O2. The fourth-order valence-corrected chi connectivity index (χ4v) is 1.98.